The van der Waals surface area contributed by atoms with Crippen molar-refractivity contribution in [1.29, 1.82) is 0 Å². The van der Waals surface area contributed by atoms with Crippen LogP contribution < -0.4 is 15.1 Å². The minimum atomic E-state index is -3.99. The van der Waals surface area contributed by atoms with Gasteiger partial charge in [-0.2, -0.15) is 0 Å². The molecule has 0 fully saturated rings. The molecule has 1 amide bonds. The molecule has 0 saturated heterocycles. The summed E-state index contributed by atoms with van der Waals surface area (Å²) in [6, 6.07) is 16.6. The van der Waals surface area contributed by atoms with Gasteiger partial charge in [-0.3, -0.25) is 9.52 Å². The number of carbonyl (C=O) groups is 2. The van der Waals surface area contributed by atoms with E-state index in [1.165, 1.54) is 36.4 Å². The fraction of sp³-hybridized carbons (Fsp3) is 0.0476. The smallest absolute Gasteiger partial charge is 0.263 e. The fourth-order valence-electron chi connectivity index (χ4n) is 2.65. The van der Waals surface area contributed by atoms with E-state index in [-0.39, 0.29) is 26.2 Å². The van der Waals surface area contributed by atoms with Crippen LogP contribution in [0.4, 0.5) is 11.4 Å². The van der Waals surface area contributed by atoms with E-state index < -0.39 is 21.9 Å². The molecule has 0 heterocycles. The highest BCUT2D eigenvalue weighted by Crippen LogP contribution is 2.26. The molecule has 0 radical (unpaired) electrons. The predicted octanol–water partition coefficient (Wildman–Crippen LogP) is 3.17. The molecule has 3 aromatic rings. The number of carbonyl (C=O) groups excluding carboxylic acids is 2. The third-order valence-electron chi connectivity index (χ3n) is 4.18. The van der Waals surface area contributed by atoms with Crippen LogP contribution in [0.3, 0.4) is 0 Å². The van der Waals surface area contributed by atoms with Gasteiger partial charge in [0.1, 0.15) is 4.90 Å². The van der Waals surface area contributed by atoms with Crippen molar-refractivity contribution in [2.45, 2.75) is 11.8 Å². The molecule has 0 spiro atoms. The van der Waals surface area contributed by atoms with Crippen LogP contribution in [0.25, 0.3) is 0 Å². The fourth-order valence-corrected chi connectivity index (χ4v) is 4.70. The molecule has 9 heteroatoms. The number of rotatable bonds is 6. The normalized spacial score (nSPS) is 11.0. The van der Waals surface area contributed by atoms with Gasteiger partial charge in [0, 0.05) is 21.3 Å². The van der Waals surface area contributed by atoms with Crippen LogP contribution in [0.5, 0.6) is 0 Å². The van der Waals surface area contributed by atoms with Gasteiger partial charge in [0.25, 0.3) is 15.9 Å². The predicted molar refractivity (Wildman–Crippen MR) is 115 cm³/mol. The first-order chi connectivity index (χ1) is 14.2. The highest BCUT2D eigenvalue weighted by atomic mass is 79.9. The highest BCUT2D eigenvalue weighted by Gasteiger charge is 2.20. The van der Waals surface area contributed by atoms with E-state index >= 15 is 0 Å². The molecule has 154 valence electrons. The topological polar surface area (TPSA) is 115 Å². The number of aromatic carboxylic acids is 1. The maximum Gasteiger partial charge on any atom is 0.263 e. The second kappa shape index (κ2) is 8.68. The number of hydrogen-bond donors (Lipinski definition) is 2. The van der Waals surface area contributed by atoms with Crippen molar-refractivity contribution in [3.05, 3.63) is 87.9 Å². The molecule has 7 nitrogen and oxygen atoms in total. The van der Waals surface area contributed by atoms with Crippen LogP contribution in [0.2, 0.25) is 0 Å². The van der Waals surface area contributed by atoms with Gasteiger partial charge in [-0.05, 0) is 59.3 Å². The second-order valence-corrected chi connectivity index (χ2v) is 8.91. The number of carboxylic acids is 1. The Balaban J connectivity index is 1.90. The zero-order chi connectivity index (χ0) is 21.9. The van der Waals surface area contributed by atoms with E-state index in [0.717, 1.165) is 5.56 Å². The van der Waals surface area contributed by atoms with E-state index in [1.807, 2.05) is 6.92 Å². The number of benzene rings is 3. The van der Waals surface area contributed by atoms with Crippen molar-refractivity contribution in [3.8, 4) is 0 Å². The molecular formula is C21H16BrN2O5S-. The van der Waals surface area contributed by atoms with Gasteiger partial charge >= 0.3 is 0 Å². The second-order valence-electron chi connectivity index (χ2n) is 6.40. The lowest BCUT2D eigenvalue weighted by atomic mass is 10.1. The molecule has 0 bridgehead atoms. The molecule has 0 unspecified atom stereocenters. The summed E-state index contributed by atoms with van der Waals surface area (Å²) in [6.07, 6.45) is 0. The van der Waals surface area contributed by atoms with E-state index in [4.69, 9.17) is 0 Å². The van der Waals surface area contributed by atoms with Gasteiger partial charge in [-0.15, -0.1) is 0 Å². The SMILES string of the molecule is Cc1ccc(NS(=O)(=O)c2cc(C(=O)Nc3ccccc3C(=O)[O-])ccc2Br)cc1. The van der Waals surface area contributed by atoms with Crippen LogP contribution >= 0.6 is 15.9 Å². The van der Waals surface area contributed by atoms with Gasteiger partial charge in [0.15, 0.2) is 0 Å². The number of sulfonamides is 1. The molecule has 30 heavy (non-hydrogen) atoms. The highest BCUT2D eigenvalue weighted by molar-refractivity contribution is 9.10. The lowest BCUT2D eigenvalue weighted by molar-refractivity contribution is -0.254. The number of halogens is 1. The van der Waals surface area contributed by atoms with E-state index in [1.54, 1.807) is 30.3 Å². The number of hydrogen-bond acceptors (Lipinski definition) is 5. The maximum atomic E-state index is 12.8. The van der Waals surface area contributed by atoms with Crippen LogP contribution in [0, 0.1) is 6.92 Å². The average Bonchev–Trinajstić information content (AvgIpc) is 2.70. The zero-order valence-electron chi connectivity index (χ0n) is 15.7. The lowest BCUT2D eigenvalue weighted by Gasteiger charge is -2.13. The first-order valence-electron chi connectivity index (χ1n) is 8.68. The van der Waals surface area contributed by atoms with Crippen LogP contribution in [-0.4, -0.2) is 20.3 Å². The first-order valence-corrected chi connectivity index (χ1v) is 11.0. The van der Waals surface area contributed by atoms with Crippen molar-refractivity contribution in [2.24, 2.45) is 0 Å². The quantitative estimate of drug-likeness (QED) is 0.553. The number of amides is 1. The molecule has 2 N–H and O–H groups in total. The molecule has 0 atom stereocenters. The first kappa shape index (κ1) is 21.5. The third kappa shape index (κ3) is 4.87. The number of aryl methyl sites for hydroxylation is 1. The summed E-state index contributed by atoms with van der Waals surface area (Å²) >= 11 is 3.20. The van der Waals surface area contributed by atoms with E-state index in [0.29, 0.717) is 5.69 Å². The Morgan fingerprint density at radius 3 is 2.30 bits per heavy atom. The van der Waals surface area contributed by atoms with Gasteiger partial charge in [-0.1, -0.05) is 35.9 Å². The Labute approximate surface area is 181 Å². The van der Waals surface area contributed by atoms with Crippen LogP contribution in [0.1, 0.15) is 26.3 Å². The van der Waals surface area contributed by atoms with Gasteiger partial charge in [-0.25, -0.2) is 8.42 Å². The van der Waals surface area contributed by atoms with Gasteiger partial charge in [0.05, 0.1) is 11.7 Å². The third-order valence-corrected chi connectivity index (χ3v) is 6.56. The van der Waals surface area contributed by atoms with E-state index in [9.17, 15) is 23.1 Å². The molecule has 0 aliphatic rings. The summed E-state index contributed by atoms with van der Waals surface area (Å²) in [5, 5.41) is 13.7. The van der Waals surface area contributed by atoms with Crippen LogP contribution in [0.15, 0.2) is 76.1 Å². The summed E-state index contributed by atoms with van der Waals surface area (Å²) < 4.78 is 28.4. The molecule has 0 aliphatic carbocycles. The largest absolute Gasteiger partial charge is 0.545 e. The van der Waals surface area contributed by atoms with Gasteiger partial charge in [0.2, 0.25) is 0 Å². The summed E-state index contributed by atoms with van der Waals surface area (Å²) in [5.41, 5.74) is 1.26. The Morgan fingerprint density at radius 1 is 0.967 bits per heavy atom. The monoisotopic (exact) mass is 487 g/mol. The minimum absolute atomic E-state index is 0.0376. The number of anilines is 2. The molecule has 0 saturated carbocycles. The molecular weight excluding hydrogens is 472 g/mol. The molecule has 0 aliphatic heterocycles. The standard InChI is InChI=1S/C21H17BrN2O5S/c1-13-6-9-15(10-7-13)24-30(28,29)19-12-14(8-11-17(19)22)20(25)23-18-5-3-2-4-16(18)21(26)27/h2-12,24H,1H3,(H,23,25)(H,26,27)/p-1. The van der Waals surface area contributed by atoms with Crippen molar-refractivity contribution in [2.75, 3.05) is 10.0 Å². The van der Waals surface area contributed by atoms with Crippen molar-refractivity contribution < 1.29 is 23.1 Å². The molecule has 3 rings (SSSR count). The Morgan fingerprint density at radius 2 is 1.63 bits per heavy atom. The Hall–Kier alpha value is -3.17. The summed E-state index contributed by atoms with van der Waals surface area (Å²) in [7, 11) is -3.99. The lowest BCUT2D eigenvalue weighted by Crippen LogP contribution is -2.25. The maximum absolute atomic E-state index is 12.8. The van der Waals surface area contributed by atoms with Crippen molar-refractivity contribution in [3.63, 3.8) is 0 Å². The molecule has 0 aromatic heterocycles. The van der Waals surface area contributed by atoms with Crippen molar-refractivity contribution in [1.82, 2.24) is 0 Å². The zero-order valence-corrected chi connectivity index (χ0v) is 18.1. The van der Waals surface area contributed by atoms with Crippen LogP contribution in [-0.2, 0) is 10.0 Å². The Kier molecular flexibility index (Phi) is 6.23. The summed E-state index contributed by atoms with van der Waals surface area (Å²) in [4.78, 5) is 23.7. The van der Waals surface area contributed by atoms with E-state index in [2.05, 4.69) is 26.0 Å². The van der Waals surface area contributed by atoms with Crippen molar-refractivity contribution >= 4 is 49.2 Å². The number of carboxylic acid groups (broad SMARTS) is 1. The Bertz CT molecular complexity index is 1220. The van der Waals surface area contributed by atoms with Gasteiger partial charge < -0.3 is 15.2 Å². The summed E-state index contributed by atoms with van der Waals surface area (Å²) in [5.74, 6) is -2.10. The number of para-hydroxylation sites is 1. The molecule has 3 aromatic carbocycles. The summed E-state index contributed by atoms with van der Waals surface area (Å²) in [6.45, 7) is 1.88. The minimum Gasteiger partial charge on any atom is -0.545 e. The number of nitrogens with one attached hydrogen (secondary N) is 2. The average molecular weight is 488 g/mol.